The minimum atomic E-state index is 0.682. The SMILES string of the molecule is CC1CCCNC1CNCC1CCOC1. The summed E-state index contributed by atoms with van der Waals surface area (Å²) in [6.07, 6.45) is 3.96. The van der Waals surface area contributed by atoms with Gasteiger partial charge in [-0.2, -0.15) is 0 Å². The van der Waals surface area contributed by atoms with E-state index in [9.17, 15) is 0 Å². The molecule has 0 aliphatic carbocycles. The number of nitrogens with one attached hydrogen (secondary N) is 2. The van der Waals surface area contributed by atoms with Crippen LogP contribution in [0.15, 0.2) is 0 Å². The molecule has 0 aromatic heterocycles. The van der Waals surface area contributed by atoms with Gasteiger partial charge in [-0.1, -0.05) is 6.92 Å². The Balaban J connectivity index is 1.59. The van der Waals surface area contributed by atoms with E-state index in [2.05, 4.69) is 17.6 Å². The minimum Gasteiger partial charge on any atom is -0.381 e. The van der Waals surface area contributed by atoms with Gasteiger partial charge in [-0.15, -0.1) is 0 Å². The second-order valence-corrected chi connectivity index (χ2v) is 5.07. The van der Waals surface area contributed by atoms with Crippen LogP contribution in [0.3, 0.4) is 0 Å². The molecule has 3 nitrogen and oxygen atoms in total. The standard InChI is InChI=1S/C12H24N2O/c1-10-3-2-5-14-12(10)8-13-7-11-4-6-15-9-11/h10-14H,2-9H2,1H3. The normalized spacial score (nSPS) is 37.0. The Kier molecular flexibility index (Phi) is 4.42. The monoisotopic (exact) mass is 212 g/mol. The van der Waals surface area contributed by atoms with Crippen LogP contribution < -0.4 is 10.6 Å². The Morgan fingerprint density at radius 3 is 3.00 bits per heavy atom. The second kappa shape index (κ2) is 5.83. The first-order chi connectivity index (χ1) is 7.36. The van der Waals surface area contributed by atoms with E-state index in [0.717, 1.165) is 38.1 Å². The maximum Gasteiger partial charge on any atom is 0.0507 e. The zero-order valence-corrected chi connectivity index (χ0v) is 9.80. The minimum absolute atomic E-state index is 0.682. The lowest BCUT2D eigenvalue weighted by molar-refractivity contribution is 0.184. The third-order valence-electron chi connectivity index (χ3n) is 3.75. The van der Waals surface area contributed by atoms with Crippen LogP contribution in [0.2, 0.25) is 0 Å². The summed E-state index contributed by atoms with van der Waals surface area (Å²) in [7, 11) is 0. The van der Waals surface area contributed by atoms with Crippen molar-refractivity contribution in [2.24, 2.45) is 11.8 Å². The van der Waals surface area contributed by atoms with E-state index >= 15 is 0 Å². The van der Waals surface area contributed by atoms with Crippen molar-refractivity contribution in [1.82, 2.24) is 10.6 Å². The Labute approximate surface area is 93.0 Å². The first kappa shape index (κ1) is 11.4. The fourth-order valence-electron chi connectivity index (χ4n) is 2.57. The molecule has 3 atom stereocenters. The first-order valence-corrected chi connectivity index (χ1v) is 6.38. The highest BCUT2D eigenvalue weighted by Crippen LogP contribution is 2.15. The van der Waals surface area contributed by atoms with Crippen molar-refractivity contribution in [3.8, 4) is 0 Å². The van der Waals surface area contributed by atoms with Crippen molar-refractivity contribution >= 4 is 0 Å². The van der Waals surface area contributed by atoms with Crippen LogP contribution in [0.25, 0.3) is 0 Å². The third-order valence-corrected chi connectivity index (χ3v) is 3.75. The lowest BCUT2D eigenvalue weighted by atomic mass is 9.92. The van der Waals surface area contributed by atoms with E-state index in [1.54, 1.807) is 0 Å². The van der Waals surface area contributed by atoms with E-state index < -0.39 is 0 Å². The lowest BCUT2D eigenvalue weighted by Crippen LogP contribution is -2.47. The number of hydrogen-bond donors (Lipinski definition) is 2. The average Bonchev–Trinajstić information content (AvgIpc) is 2.74. The molecule has 0 bridgehead atoms. The zero-order chi connectivity index (χ0) is 10.5. The van der Waals surface area contributed by atoms with Gasteiger partial charge in [-0.25, -0.2) is 0 Å². The molecule has 2 heterocycles. The highest BCUT2D eigenvalue weighted by molar-refractivity contribution is 4.80. The van der Waals surface area contributed by atoms with Gasteiger partial charge >= 0.3 is 0 Å². The van der Waals surface area contributed by atoms with E-state index in [0.29, 0.717) is 6.04 Å². The summed E-state index contributed by atoms with van der Waals surface area (Å²) in [5.74, 6) is 1.58. The van der Waals surface area contributed by atoms with E-state index in [-0.39, 0.29) is 0 Å². The van der Waals surface area contributed by atoms with Gasteiger partial charge in [0, 0.05) is 25.7 Å². The molecule has 2 aliphatic heterocycles. The van der Waals surface area contributed by atoms with Crippen molar-refractivity contribution in [3.63, 3.8) is 0 Å². The molecule has 0 aromatic rings. The molecule has 15 heavy (non-hydrogen) atoms. The van der Waals surface area contributed by atoms with Gasteiger partial charge in [0.2, 0.25) is 0 Å². The lowest BCUT2D eigenvalue weighted by Gasteiger charge is -2.30. The fraction of sp³-hybridized carbons (Fsp3) is 1.00. The highest BCUT2D eigenvalue weighted by Gasteiger charge is 2.21. The van der Waals surface area contributed by atoms with Gasteiger partial charge in [0.1, 0.15) is 0 Å². The molecule has 3 heteroatoms. The molecule has 88 valence electrons. The first-order valence-electron chi connectivity index (χ1n) is 6.38. The summed E-state index contributed by atoms with van der Waals surface area (Å²) in [6, 6.07) is 0.682. The number of rotatable bonds is 4. The largest absolute Gasteiger partial charge is 0.381 e. The van der Waals surface area contributed by atoms with Crippen LogP contribution in [0, 0.1) is 11.8 Å². The van der Waals surface area contributed by atoms with Crippen LogP contribution in [-0.2, 0) is 4.74 Å². The molecule has 0 aromatic carbocycles. The predicted molar refractivity (Wildman–Crippen MR) is 62.0 cm³/mol. The Morgan fingerprint density at radius 1 is 1.33 bits per heavy atom. The van der Waals surface area contributed by atoms with E-state index in [1.165, 1.54) is 25.8 Å². The zero-order valence-electron chi connectivity index (χ0n) is 9.80. The molecule has 2 saturated heterocycles. The Morgan fingerprint density at radius 2 is 2.27 bits per heavy atom. The van der Waals surface area contributed by atoms with Gasteiger partial charge < -0.3 is 15.4 Å². The molecule has 0 amide bonds. The maximum absolute atomic E-state index is 5.37. The van der Waals surface area contributed by atoms with Crippen LogP contribution in [-0.4, -0.2) is 38.9 Å². The molecule has 2 rings (SSSR count). The van der Waals surface area contributed by atoms with E-state index in [1.807, 2.05) is 0 Å². The molecule has 0 spiro atoms. The third kappa shape index (κ3) is 3.44. The molecular formula is C12H24N2O. The molecule has 2 N–H and O–H groups in total. The van der Waals surface area contributed by atoms with Crippen molar-refractivity contribution in [2.75, 3.05) is 32.8 Å². The van der Waals surface area contributed by atoms with Gasteiger partial charge in [0.25, 0.3) is 0 Å². The topological polar surface area (TPSA) is 33.3 Å². The highest BCUT2D eigenvalue weighted by atomic mass is 16.5. The molecule has 2 aliphatic rings. The maximum atomic E-state index is 5.37. The van der Waals surface area contributed by atoms with Crippen molar-refractivity contribution in [2.45, 2.75) is 32.2 Å². The molecule has 3 unspecified atom stereocenters. The van der Waals surface area contributed by atoms with Crippen LogP contribution in [0.5, 0.6) is 0 Å². The number of hydrogen-bond acceptors (Lipinski definition) is 3. The number of piperidine rings is 1. The summed E-state index contributed by atoms with van der Waals surface area (Å²) in [5, 5.41) is 7.19. The summed E-state index contributed by atoms with van der Waals surface area (Å²) in [4.78, 5) is 0. The van der Waals surface area contributed by atoms with Crippen LogP contribution >= 0.6 is 0 Å². The van der Waals surface area contributed by atoms with Gasteiger partial charge in [-0.05, 0) is 37.6 Å². The summed E-state index contributed by atoms with van der Waals surface area (Å²) in [5.41, 5.74) is 0. The summed E-state index contributed by atoms with van der Waals surface area (Å²) >= 11 is 0. The fourth-order valence-corrected chi connectivity index (χ4v) is 2.57. The molecule has 0 radical (unpaired) electrons. The Hall–Kier alpha value is -0.120. The average molecular weight is 212 g/mol. The summed E-state index contributed by atoms with van der Waals surface area (Å²) < 4.78 is 5.37. The quantitative estimate of drug-likeness (QED) is 0.729. The van der Waals surface area contributed by atoms with Gasteiger partial charge in [0.05, 0.1) is 6.61 Å². The van der Waals surface area contributed by atoms with Crippen molar-refractivity contribution in [1.29, 1.82) is 0 Å². The molecule has 2 fully saturated rings. The van der Waals surface area contributed by atoms with Crippen LogP contribution in [0.1, 0.15) is 26.2 Å². The van der Waals surface area contributed by atoms with Crippen molar-refractivity contribution < 1.29 is 4.74 Å². The Bertz CT molecular complexity index is 180. The van der Waals surface area contributed by atoms with Gasteiger partial charge in [0.15, 0.2) is 0 Å². The molecule has 0 saturated carbocycles. The summed E-state index contributed by atoms with van der Waals surface area (Å²) in [6.45, 7) is 7.73. The number of ether oxygens (including phenoxy) is 1. The van der Waals surface area contributed by atoms with Crippen LogP contribution in [0.4, 0.5) is 0 Å². The van der Waals surface area contributed by atoms with Crippen molar-refractivity contribution in [3.05, 3.63) is 0 Å². The second-order valence-electron chi connectivity index (χ2n) is 5.07. The molecular weight excluding hydrogens is 188 g/mol. The van der Waals surface area contributed by atoms with E-state index in [4.69, 9.17) is 4.74 Å². The van der Waals surface area contributed by atoms with Gasteiger partial charge in [-0.3, -0.25) is 0 Å². The predicted octanol–water partition coefficient (Wildman–Crippen LogP) is 1.00. The smallest absolute Gasteiger partial charge is 0.0507 e.